The number of hydrogen-bond acceptors (Lipinski definition) is 1. The first-order valence-corrected chi connectivity index (χ1v) is 5.32. The predicted molar refractivity (Wildman–Crippen MR) is 54.4 cm³/mol. The number of likely N-dealkylation sites (tertiary alicyclic amines) is 1. The fraction of sp³-hybridized carbons (Fsp3) is 0.909. The normalized spacial score (nSPS) is 29.5. The summed E-state index contributed by atoms with van der Waals surface area (Å²) in [5, 5.41) is 0. The molecule has 1 aliphatic rings. The van der Waals surface area contributed by atoms with Gasteiger partial charge in [-0.1, -0.05) is 20.8 Å². The van der Waals surface area contributed by atoms with E-state index in [0.29, 0.717) is 17.9 Å². The zero-order chi connectivity index (χ0) is 10.0. The van der Waals surface area contributed by atoms with Gasteiger partial charge in [-0.05, 0) is 25.7 Å². The first kappa shape index (κ1) is 10.6. The smallest absolute Gasteiger partial charge is 0.225 e. The Bertz CT molecular complexity index is 189. The highest BCUT2D eigenvalue weighted by atomic mass is 16.2. The van der Waals surface area contributed by atoms with E-state index >= 15 is 0 Å². The average molecular weight is 183 g/mol. The van der Waals surface area contributed by atoms with E-state index in [1.807, 2.05) is 13.8 Å². The van der Waals surface area contributed by atoms with Gasteiger partial charge in [-0.15, -0.1) is 0 Å². The summed E-state index contributed by atoms with van der Waals surface area (Å²) in [6, 6.07) is 0.450. The van der Waals surface area contributed by atoms with Gasteiger partial charge in [-0.2, -0.15) is 0 Å². The first-order valence-electron chi connectivity index (χ1n) is 5.32. The van der Waals surface area contributed by atoms with Crippen LogP contribution in [0.25, 0.3) is 0 Å². The minimum absolute atomic E-state index is 0.146. The Morgan fingerprint density at radius 1 is 1.31 bits per heavy atom. The van der Waals surface area contributed by atoms with Crippen LogP contribution in [0.1, 0.15) is 40.5 Å². The lowest BCUT2D eigenvalue weighted by molar-refractivity contribution is -0.138. The fourth-order valence-corrected chi connectivity index (χ4v) is 1.93. The van der Waals surface area contributed by atoms with E-state index in [1.165, 1.54) is 12.8 Å². The highest BCUT2D eigenvalue weighted by Gasteiger charge is 2.27. The highest BCUT2D eigenvalue weighted by molar-refractivity contribution is 5.78. The predicted octanol–water partition coefficient (Wildman–Crippen LogP) is 2.29. The lowest BCUT2D eigenvalue weighted by Gasteiger charge is -2.37. The van der Waals surface area contributed by atoms with E-state index in [2.05, 4.69) is 18.7 Å². The second-order valence-electron chi connectivity index (χ2n) is 4.68. The minimum Gasteiger partial charge on any atom is -0.340 e. The van der Waals surface area contributed by atoms with Gasteiger partial charge in [-0.25, -0.2) is 0 Å². The van der Waals surface area contributed by atoms with Gasteiger partial charge in [0.1, 0.15) is 0 Å². The second kappa shape index (κ2) is 4.12. The molecule has 1 heterocycles. The van der Waals surface area contributed by atoms with Gasteiger partial charge in [0.15, 0.2) is 0 Å². The van der Waals surface area contributed by atoms with E-state index in [9.17, 15) is 4.79 Å². The minimum atomic E-state index is 0.146. The van der Waals surface area contributed by atoms with E-state index in [0.717, 1.165) is 6.54 Å². The van der Waals surface area contributed by atoms with E-state index < -0.39 is 0 Å². The number of piperidine rings is 1. The standard InChI is InChI=1S/C11H21NO/c1-8(2)11(13)12-7-9(3)5-6-10(12)4/h8-10H,5-7H2,1-4H3. The fourth-order valence-electron chi connectivity index (χ4n) is 1.93. The summed E-state index contributed by atoms with van der Waals surface area (Å²) in [5.41, 5.74) is 0. The summed E-state index contributed by atoms with van der Waals surface area (Å²) in [6.07, 6.45) is 2.43. The molecule has 76 valence electrons. The third-order valence-electron chi connectivity index (χ3n) is 2.89. The van der Waals surface area contributed by atoms with Crippen molar-refractivity contribution in [1.29, 1.82) is 0 Å². The van der Waals surface area contributed by atoms with Gasteiger partial charge in [0.05, 0.1) is 0 Å². The molecule has 0 aliphatic carbocycles. The quantitative estimate of drug-likeness (QED) is 0.611. The van der Waals surface area contributed by atoms with Crippen molar-refractivity contribution in [2.24, 2.45) is 11.8 Å². The molecule has 1 fully saturated rings. The van der Waals surface area contributed by atoms with E-state index in [4.69, 9.17) is 0 Å². The molecule has 2 nitrogen and oxygen atoms in total. The molecule has 0 bridgehead atoms. The maximum atomic E-state index is 11.8. The molecule has 0 saturated carbocycles. The molecule has 0 aromatic heterocycles. The van der Waals surface area contributed by atoms with Crippen LogP contribution in [-0.4, -0.2) is 23.4 Å². The number of nitrogens with zero attached hydrogens (tertiary/aromatic N) is 1. The Labute approximate surface area is 81.3 Å². The van der Waals surface area contributed by atoms with Crippen molar-refractivity contribution in [1.82, 2.24) is 4.90 Å². The van der Waals surface area contributed by atoms with Crippen LogP contribution in [0.5, 0.6) is 0 Å². The summed E-state index contributed by atoms with van der Waals surface area (Å²) in [6.45, 7) is 9.31. The van der Waals surface area contributed by atoms with Crippen molar-refractivity contribution in [2.45, 2.75) is 46.6 Å². The molecule has 0 aromatic rings. The summed E-state index contributed by atoms with van der Waals surface area (Å²) in [5.74, 6) is 1.14. The molecule has 0 spiro atoms. The number of amides is 1. The van der Waals surface area contributed by atoms with Gasteiger partial charge in [0, 0.05) is 18.5 Å². The number of hydrogen-bond donors (Lipinski definition) is 0. The van der Waals surface area contributed by atoms with Crippen molar-refractivity contribution in [3.05, 3.63) is 0 Å². The van der Waals surface area contributed by atoms with Gasteiger partial charge in [-0.3, -0.25) is 4.79 Å². The second-order valence-corrected chi connectivity index (χ2v) is 4.68. The molecule has 13 heavy (non-hydrogen) atoms. The Kier molecular flexibility index (Phi) is 3.34. The molecule has 0 radical (unpaired) electrons. The third-order valence-corrected chi connectivity index (χ3v) is 2.89. The van der Waals surface area contributed by atoms with Crippen LogP contribution in [0.3, 0.4) is 0 Å². The molecular weight excluding hydrogens is 162 g/mol. The highest BCUT2D eigenvalue weighted by Crippen LogP contribution is 2.22. The van der Waals surface area contributed by atoms with Crippen LogP contribution >= 0.6 is 0 Å². The Morgan fingerprint density at radius 3 is 2.46 bits per heavy atom. The average Bonchev–Trinajstić information content (AvgIpc) is 2.08. The molecule has 2 atom stereocenters. The van der Waals surface area contributed by atoms with Gasteiger partial charge in [0.25, 0.3) is 0 Å². The Morgan fingerprint density at radius 2 is 1.92 bits per heavy atom. The van der Waals surface area contributed by atoms with Crippen molar-refractivity contribution in [2.75, 3.05) is 6.54 Å². The molecule has 0 aromatic carbocycles. The molecule has 2 heteroatoms. The molecule has 1 aliphatic heterocycles. The van der Waals surface area contributed by atoms with Gasteiger partial charge < -0.3 is 4.90 Å². The number of carbonyl (C=O) groups excluding carboxylic acids is 1. The SMILES string of the molecule is CC1CCC(C)N(C(=O)C(C)C)C1. The van der Waals surface area contributed by atoms with Crippen LogP contribution in [0.15, 0.2) is 0 Å². The Hall–Kier alpha value is -0.530. The summed E-state index contributed by atoms with van der Waals surface area (Å²) < 4.78 is 0. The third kappa shape index (κ3) is 2.45. The molecular formula is C11H21NO. The molecule has 1 amide bonds. The summed E-state index contributed by atoms with van der Waals surface area (Å²) >= 11 is 0. The largest absolute Gasteiger partial charge is 0.340 e. The van der Waals surface area contributed by atoms with Crippen molar-refractivity contribution >= 4 is 5.91 Å². The first-order chi connectivity index (χ1) is 6.02. The molecule has 2 unspecified atom stereocenters. The lowest BCUT2D eigenvalue weighted by Crippen LogP contribution is -2.46. The van der Waals surface area contributed by atoms with Crippen molar-refractivity contribution in [3.8, 4) is 0 Å². The van der Waals surface area contributed by atoms with Crippen molar-refractivity contribution in [3.63, 3.8) is 0 Å². The summed E-state index contributed by atoms with van der Waals surface area (Å²) in [7, 11) is 0. The van der Waals surface area contributed by atoms with Crippen LogP contribution < -0.4 is 0 Å². The number of carbonyl (C=O) groups is 1. The maximum absolute atomic E-state index is 11.8. The molecule has 0 N–H and O–H groups in total. The zero-order valence-corrected chi connectivity index (χ0v) is 9.21. The molecule has 1 saturated heterocycles. The monoisotopic (exact) mass is 183 g/mol. The summed E-state index contributed by atoms with van der Waals surface area (Å²) in [4.78, 5) is 13.8. The Balaban J connectivity index is 2.60. The topological polar surface area (TPSA) is 20.3 Å². The zero-order valence-electron chi connectivity index (χ0n) is 9.21. The lowest BCUT2D eigenvalue weighted by atomic mass is 9.94. The van der Waals surface area contributed by atoms with Crippen molar-refractivity contribution < 1.29 is 4.79 Å². The molecule has 1 rings (SSSR count). The van der Waals surface area contributed by atoms with Crippen LogP contribution in [0, 0.1) is 11.8 Å². The van der Waals surface area contributed by atoms with Crippen LogP contribution in [-0.2, 0) is 4.79 Å². The van der Waals surface area contributed by atoms with Gasteiger partial charge >= 0.3 is 0 Å². The van der Waals surface area contributed by atoms with Crippen LogP contribution in [0.4, 0.5) is 0 Å². The van der Waals surface area contributed by atoms with E-state index in [1.54, 1.807) is 0 Å². The van der Waals surface area contributed by atoms with Crippen LogP contribution in [0.2, 0.25) is 0 Å². The maximum Gasteiger partial charge on any atom is 0.225 e. The van der Waals surface area contributed by atoms with E-state index in [-0.39, 0.29) is 5.92 Å². The number of rotatable bonds is 1. The van der Waals surface area contributed by atoms with Gasteiger partial charge in [0.2, 0.25) is 5.91 Å².